The molecule has 1 amide bonds. The number of hydrazone groups is 1. The summed E-state index contributed by atoms with van der Waals surface area (Å²) in [5.41, 5.74) is 4.56. The lowest BCUT2D eigenvalue weighted by atomic mass is 9.77. The third kappa shape index (κ3) is 3.09. The van der Waals surface area contributed by atoms with Gasteiger partial charge in [0.2, 0.25) is 5.91 Å². The van der Waals surface area contributed by atoms with Gasteiger partial charge in [-0.15, -0.1) is 0 Å². The van der Waals surface area contributed by atoms with E-state index in [1.165, 1.54) is 0 Å². The van der Waals surface area contributed by atoms with Gasteiger partial charge in [0.05, 0.1) is 24.8 Å². The number of carbonyl (C=O) groups excluding carboxylic acids is 1. The van der Waals surface area contributed by atoms with Crippen molar-refractivity contribution in [3.63, 3.8) is 0 Å². The van der Waals surface area contributed by atoms with Crippen LogP contribution in [0, 0.1) is 11.8 Å². The predicted molar refractivity (Wildman–Crippen MR) is 88.8 cm³/mol. The zero-order valence-corrected chi connectivity index (χ0v) is 13.5. The Morgan fingerprint density at radius 1 is 1.09 bits per heavy atom. The maximum atomic E-state index is 12.0. The lowest BCUT2D eigenvalue weighted by Gasteiger charge is -2.32. The number of benzene rings is 1. The van der Waals surface area contributed by atoms with Crippen LogP contribution >= 0.6 is 0 Å². The van der Waals surface area contributed by atoms with Gasteiger partial charge in [0, 0.05) is 11.5 Å². The van der Waals surface area contributed by atoms with Crippen molar-refractivity contribution in [1.82, 2.24) is 5.43 Å². The molecular formula is C18H22N2O3. The second kappa shape index (κ2) is 6.86. The lowest BCUT2D eigenvalue weighted by Crippen LogP contribution is -2.42. The number of ether oxygens (including phenoxy) is 2. The highest BCUT2D eigenvalue weighted by molar-refractivity contribution is 6.07. The highest BCUT2D eigenvalue weighted by Crippen LogP contribution is 2.35. The van der Waals surface area contributed by atoms with Crippen molar-refractivity contribution in [3.8, 4) is 11.5 Å². The van der Waals surface area contributed by atoms with Gasteiger partial charge in [-0.05, 0) is 44.9 Å². The van der Waals surface area contributed by atoms with Crippen LogP contribution in [0.3, 0.4) is 0 Å². The summed E-state index contributed by atoms with van der Waals surface area (Å²) in [5, 5.41) is 4.33. The molecule has 1 aromatic rings. The maximum absolute atomic E-state index is 12.0. The number of allylic oxidation sites excluding steroid dienone is 2. The number of nitrogens with zero attached hydrogens (tertiary/aromatic N) is 1. The Morgan fingerprint density at radius 2 is 1.78 bits per heavy atom. The second-order valence-corrected chi connectivity index (χ2v) is 5.66. The molecule has 0 unspecified atom stereocenters. The summed E-state index contributed by atoms with van der Waals surface area (Å²) in [6.45, 7) is 5.06. The Kier molecular flexibility index (Phi) is 4.65. The number of nitrogens with one attached hydrogen (secondary N) is 1. The van der Waals surface area contributed by atoms with Crippen LogP contribution in [-0.4, -0.2) is 24.8 Å². The summed E-state index contributed by atoms with van der Waals surface area (Å²) >= 11 is 0. The first-order valence-electron chi connectivity index (χ1n) is 8.17. The maximum Gasteiger partial charge on any atom is 0.244 e. The fourth-order valence-electron chi connectivity index (χ4n) is 3.18. The van der Waals surface area contributed by atoms with Crippen LogP contribution in [0.15, 0.2) is 35.5 Å². The van der Waals surface area contributed by atoms with Gasteiger partial charge in [0.15, 0.2) is 11.5 Å². The summed E-state index contributed by atoms with van der Waals surface area (Å²) in [4.78, 5) is 12.0. The fourth-order valence-corrected chi connectivity index (χ4v) is 3.18. The number of hydrogen-bond donors (Lipinski definition) is 1. The first-order chi connectivity index (χ1) is 11.2. The van der Waals surface area contributed by atoms with E-state index in [4.69, 9.17) is 9.47 Å². The monoisotopic (exact) mass is 314 g/mol. The standard InChI is InChI=1S/C18H22N2O3/c1-3-22-15-10-9-12(11-16(15)23-4-2)17-13-7-5-6-8-14(13)18(21)20-19-17/h5-6,9-11,13-14H,3-4,7-8H2,1-2H3,(H,20,21)/t13-,14+/m0/s1. The van der Waals surface area contributed by atoms with E-state index in [9.17, 15) is 4.79 Å². The Bertz CT molecular complexity index is 652. The quantitative estimate of drug-likeness (QED) is 0.850. The van der Waals surface area contributed by atoms with Gasteiger partial charge in [-0.1, -0.05) is 12.2 Å². The molecule has 0 saturated heterocycles. The molecule has 1 aromatic carbocycles. The van der Waals surface area contributed by atoms with Crippen molar-refractivity contribution in [1.29, 1.82) is 0 Å². The Labute approximate surface area is 136 Å². The van der Waals surface area contributed by atoms with Crippen LogP contribution < -0.4 is 14.9 Å². The average molecular weight is 314 g/mol. The minimum Gasteiger partial charge on any atom is -0.490 e. The summed E-state index contributed by atoms with van der Waals surface area (Å²) < 4.78 is 11.3. The van der Waals surface area contributed by atoms with E-state index in [-0.39, 0.29) is 17.7 Å². The van der Waals surface area contributed by atoms with E-state index in [1.807, 2.05) is 32.0 Å². The van der Waals surface area contributed by atoms with Gasteiger partial charge in [-0.3, -0.25) is 4.79 Å². The molecule has 1 heterocycles. The van der Waals surface area contributed by atoms with E-state index in [2.05, 4.69) is 22.7 Å². The minimum atomic E-state index is -0.0328. The molecule has 5 nitrogen and oxygen atoms in total. The van der Waals surface area contributed by atoms with Crippen LogP contribution in [0.5, 0.6) is 11.5 Å². The molecule has 0 spiro atoms. The average Bonchev–Trinajstić information content (AvgIpc) is 2.58. The first kappa shape index (κ1) is 15.6. The molecule has 0 radical (unpaired) electrons. The highest BCUT2D eigenvalue weighted by atomic mass is 16.5. The van der Waals surface area contributed by atoms with Gasteiger partial charge in [0.1, 0.15) is 0 Å². The van der Waals surface area contributed by atoms with E-state index in [1.54, 1.807) is 0 Å². The smallest absolute Gasteiger partial charge is 0.244 e. The third-order valence-corrected chi connectivity index (χ3v) is 4.25. The van der Waals surface area contributed by atoms with E-state index >= 15 is 0 Å². The summed E-state index contributed by atoms with van der Waals surface area (Å²) in [6, 6.07) is 5.86. The predicted octanol–water partition coefficient (Wildman–Crippen LogP) is 2.90. The van der Waals surface area contributed by atoms with Crippen LogP contribution in [0.25, 0.3) is 0 Å². The Morgan fingerprint density at radius 3 is 2.52 bits per heavy atom. The Hall–Kier alpha value is -2.30. The number of carbonyl (C=O) groups is 1. The van der Waals surface area contributed by atoms with Gasteiger partial charge < -0.3 is 9.47 Å². The summed E-state index contributed by atoms with van der Waals surface area (Å²) in [5.74, 6) is 1.56. The topological polar surface area (TPSA) is 59.9 Å². The molecule has 0 saturated carbocycles. The van der Waals surface area contributed by atoms with Crippen molar-refractivity contribution in [3.05, 3.63) is 35.9 Å². The van der Waals surface area contributed by atoms with Crippen molar-refractivity contribution >= 4 is 11.6 Å². The highest BCUT2D eigenvalue weighted by Gasteiger charge is 2.36. The van der Waals surface area contributed by atoms with Crippen LogP contribution in [0.4, 0.5) is 0 Å². The van der Waals surface area contributed by atoms with Gasteiger partial charge in [-0.2, -0.15) is 5.10 Å². The second-order valence-electron chi connectivity index (χ2n) is 5.66. The SMILES string of the molecule is CCOc1ccc(C2=NNC(=O)[C@@H]3CC=CC[C@H]23)cc1OCC. The van der Waals surface area contributed by atoms with Gasteiger partial charge >= 0.3 is 0 Å². The molecule has 1 aliphatic carbocycles. The number of fused-ring (bicyclic) bond motifs is 1. The molecule has 0 fully saturated rings. The Balaban J connectivity index is 1.95. The van der Waals surface area contributed by atoms with Crippen LogP contribution in [-0.2, 0) is 4.79 Å². The number of rotatable bonds is 5. The van der Waals surface area contributed by atoms with E-state index in [0.717, 1.165) is 29.9 Å². The molecule has 1 N–H and O–H groups in total. The molecule has 3 rings (SSSR count). The number of amides is 1. The van der Waals surface area contributed by atoms with Crippen molar-refractivity contribution in [2.24, 2.45) is 16.9 Å². The van der Waals surface area contributed by atoms with Crippen LogP contribution in [0.1, 0.15) is 32.3 Å². The zero-order chi connectivity index (χ0) is 16.2. The molecule has 1 aliphatic heterocycles. The molecule has 2 atom stereocenters. The normalized spacial score (nSPS) is 22.9. The largest absolute Gasteiger partial charge is 0.490 e. The van der Waals surface area contributed by atoms with E-state index < -0.39 is 0 Å². The summed E-state index contributed by atoms with van der Waals surface area (Å²) in [7, 11) is 0. The molecule has 0 aromatic heterocycles. The molecule has 2 aliphatic rings. The van der Waals surface area contributed by atoms with Crippen molar-refractivity contribution in [2.75, 3.05) is 13.2 Å². The minimum absolute atomic E-state index is 0.0130. The third-order valence-electron chi connectivity index (χ3n) is 4.25. The summed E-state index contributed by atoms with van der Waals surface area (Å²) in [6.07, 6.45) is 5.82. The number of hydrogen-bond acceptors (Lipinski definition) is 4. The zero-order valence-electron chi connectivity index (χ0n) is 13.5. The molecule has 5 heteroatoms. The molecule has 0 bridgehead atoms. The van der Waals surface area contributed by atoms with Gasteiger partial charge in [-0.25, -0.2) is 5.43 Å². The van der Waals surface area contributed by atoms with Gasteiger partial charge in [0.25, 0.3) is 0 Å². The van der Waals surface area contributed by atoms with Crippen molar-refractivity contribution < 1.29 is 14.3 Å². The lowest BCUT2D eigenvalue weighted by molar-refractivity contribution is -0.126. The van der Waals surface area contributed by atoms with Crippen molar-refractivity contribution in [2.45, 2.75) is 26.7 Å². The molecule has 23 heavy (non-hydrogen) atoms. The fraction of sp³-hybridized carbons (Fsp3) is 0.444. The molecular weight excluding hydrogens is 292 g/mol. The van der Waals surface area contributed by atoms with E-state index in [0.29, 0.717) is 19.0 Å². The van der Waals surface area contributed by atoms with Crippen LogP contribution in [0.2, 0.25) is 0 Å². The first-order valence-corrected chi connectivity index (χ1v) is 8.17. The molecule has 122 valence electrons.